The van der Waals surface area contributed by atoms with Gasteiger partial charge < -0.3 is 30.8 Å². The molecule has 1 aliphatic heterocycles. The van der Waals surface area contributed by atoms with E-state index in [4.69, 9.17) is 15.4 Å². The van der Waals surface area contributed by atoms with Gasteiger partial charge in [-0.3, -0.25) is 9.59 Å². The summed E-state index contributed by atoms with van der Waals surface area (Å²) in [5, 5.41) is 14.3. The molecule has 1 amide bonds. The lowest BCUT2D eigenvalue weighted by molar-refractivity contribution is 0.0950. The molecule has 10 nitrogen and oxygen atoms in total. The van der Waals surface area contributed by atoms with E-state index in [1.54, 1.807) is 12.3 Å². The molecule has 216 valence electrons. The summed E-state index contributed by atoms with van der Waals surface area (Å²) in [5.41, 5.74) is 5.61. The van der Waals surface area contributed by atoms with E-state index in [1.807, 2.05) is 63.2 Å². The van der Waals surface area contributed by atoms with Gasteiger partial charge >= 0.3 is 0 Å². The molecule has 42 heavy (non-hydrogen) atoms. The number of aromatic nitrogens is 3. The highest BCUT2D eigenvalue weighted by Gasteiger charge is 2.20. The van der Waals surface area contributed by atoms with Crippen LogP contribution in [0, 0.1) is 26.2 Å². The minimum atomic E-state index is -0.412. The number of benzene rings is 1. The number of hydrogen-bond donors (Lipinski definition) is 4. The van der Waals surface area contributed by atoms with Gasteiger partial charge in [-0.15, -0.1) is 0 Å². The van der Waals surface area contributed by atoms with Crippen LogP contribution in [0.5, 0.6) is 0 Å². The lowest BCUT2D eigenvalue weighted by Gasteiger charge is -2.33. The molecule has 4 aromatic rings. The topological polar surface area (TPSA) is 130 Å². The van der Waals surface area contributed by atoms with Crippen LogP contribution in [-0.4, -0.2) is 65.2 Å². The Labute approximate surface area is 245 Å². The van der Waals surface area contributed by atoms with Crippen molar-refractivity contribution in [3.05, 3.63) is 98.6 Å². The van der Waals surface area contributed by atoms with Gasteiger partial charge in [0.25, 0.3) is 11.5 Å². The molecule has 1 aliphatic rings. The second kappa shape index (κ2) is 12.4. The van der Waals surface area contributed by atoms with Gasteiger partial charge in [0, 0.05) is 73.2 Å². The third-order valence-electron chi connectivity index (χ3n) is 7.55. The number of carbonyl (C=O) groups is 1. The van der Waals surface area contributed by atoms with Crippen molar-refractivity contribution in [3.8, 4) is 11.3 Å². The Morgan fingerprint density at radius 1 is 1.05 bits per heavy atom. The number of aromatic amines is 1. The van der Waals surface area contributed by atoms with E-state index in [0.717, 1.165) is 66.3 Å². The van der Waals surface area contributed by atoms with Crippen molar-refractivity contribution >= 4 is 29.4 Å². The van der Waals surface area contributed by atoms with Crippen LogP contribution in [0.2, 0.25) is 0 Å². The first-order valence-corrected chi connectivity index (χ1v) is 14.0. The van der Waals surface area contributed by atoms with E-state index in [9.17, 15) is 9.59 Å². The minimum absolute atomic E-state index is 0.0530. The van der Waals surface area contributed by atoms with E-state index in [1.165, 1.54) is 0 Å². The van der Waals surface area contributed by atoms with Crippen molar-refractivity contribution in [3.63, 3.8) is 0 Å². The van der Waals surface area contributed by atoms with Crippen molar-refractivity contribution in [2.75, 3.05) is 43.4 Å². The molecule has 0 saturated carbocycles. The molecule has 4 heterocycles. The highest BCUT2D eigenvalue weighted by atomic mass is 16.1. The number of likely N-dealkylation sites (N-methyl/N-ethyl adjacent to an activating group) is 1. The average molecular weight is 565 g/mol. The van der Waals surface area contributed by atoms with Gasteiger partial charge in [-0.25, -0.2) is 9.97 Å². The first-order valence-electron chi connectivity index (χ1n) is 14.0. The van der Waals surface area contributed by atoms with Gasteiger partial charge in [0.05, 0.1) is 11.3 Å². The van der Waals surface area contributed by atoms with Gasteiger partial charge in [-0.1, -0.05) is 17.7 Å². The number of nitrogens with zero attached hydrogens (tertiary/aromatic N) is 4. The van der Waals surface area contributed by atoms with E-state index in [-0.39, 0.29) is 17.7 Å². The lowest BCUT2D eigenvalue weighted by atomic mass is 10.0. The monoisotopic (exact) mass is 564 g/mol. The van der Waals surface area contributed by atoms with Crippen molar-refractivity contribution in [1.29, 1.82) is 5.41 Å². The first kappa shape index (κ1) is 28.7. The summed E-state index contributed by atoms with van der Waals surface area (Å²) in [4.78, 5) is 43.0. The molecule has 0 radical (unpaired) electrons. The van der Waals surface area contributed by atoms with Gasteiger partial charge in [-0.05, 0) is 69.8 Å². The molecule has 0 atom stereocenters. The maximum Gasteiger partial charge on any atom is 0.253 e. The zero-order chi connectivity index (χ0) is 29.8. The zero-order valence-electron chi connectivity index (χ0n) is 24.4. The van der Waals surface area contributed by atoms with Crippen molar-refractivity contribution in [2.45, 2.75) is 27.3 Å². The number of piperazine rings is 1. The molecule has 4 N–H and O–H groups in total. The minimum Gasteiger partial charge on any atom is -0.354 e. The van der Waals surface area contributed by atoms with Gasteiger partial charge in [0.1, 0.15) is 11.6 Å². The Morgan fingerprint density at radius 2 is 1.79 bits per heavy atom. The quantitative estimate of drug-likeness (QED) is 0.236. The smallest absolute Gasteiger partial charge is 0.253 e. The van der Waals surface area contributed by atoms with Crippen molar-refractivity contribution in [1.82, 2.24) is 25.2 Å². The van der Waals surface area contributed by atoms with Crippen LogP contribution in [0.1, 0.15) is 38.3 Å². The van der Waals surface area contributed by atoms with Crippen LogP contribution in [0.4, 0.5) is 17.3 Å². The SMILES string of the molecule is Cc1ccc(Nc2nc(-c3ccc(N4CCN(C)CC4)nc3)cc(C(=O)NCc3c(C)cc(C)[nH]c3=O)c2C=N)cc1. The molecule has 0 unspecified atom stereocenters. The number of anilines is 3. The number of amides is 1. The highest BCUT2D eigenvalue weighted by molar-refractivity contribution is 6.05. The third-order valence-corrected chi connectivity index (χ3v) is 7.55. The summed E-state index contributed by atoms with van der Waals surface area (Å²) in [7, 11) is 2.12. The molecule has 1 aromatic carbocycles. The number of H-pyrrole nitrogens is 1. The van der Waals surface area contributed by atoms with Crippen molar-refractivity contribution < 1.29 is 4.79 Å². The Bertz CT molecular complexity index is 1650. The van der Waals surface area contributed by atoms with Crippen molar-refractivity contribution in [2.24, 2.45) is 0 Å². The van der Waals surface area contributed by atoms with E-state index < -0.39 is 5.91 Å². The van der Waals surface area contributed by atoms with Crippen LogP contribution >= 0.6 is 0 Å². The van der Waals surface area contributed by atoms with Crippen LogP contribution < -0.4 is 21.1 Å². The maximum atomic E-state index is 13.6. The normalized spacial score (nSPS) is 13.6. The fraction of sp³-hybridized carbons (Fsp3) is 0.281. The number of nitrogens with one attached hydrogen (secondary N) is 4. The fourth-order valence-corrected chi connectivity index (χ4v) is 5.03. The number of rotatable bonds is 8. The Hall–Kier alpha value is -4.83. The van der Waals surface area contributed by atoms with Gasteiger partial charge in [0.15, 0.2) is 0 Å². The summed E-state index contributed by atoms with van der Waals surface area (Å²) in [6, 6.07) is 15.3. The molecule has 0 bridgehead atoms. The molecule has 0 spiro atoms. The third kappa shape index (κ3) is 6.39. The Morgan fingerprint density at radius 3 is 2.43 bits per heavy atom. The lowest BCUT2D eigenvalue weighted by Crippen LogP contribution is -2.44. The summed E-state index contributed by atoms with van der Waals surface area (Å²) < 4.78 is 0. The first-order chi connectivity index (χ1) is 20.2. The molecular formula is C32H36N8O2. The van der Waals surface area contributed by atoms with Crippen LogP contribution in [0.25, 0.3) is 11.3 Å². The Kier molecular flexibility index (Phi) is 8.44. The number of pyridine rings is 3. The molecule has 1 fully saturated rings. The summed E-state index contributed by atoms with van der Waals surface area (Å²) >= 11 is 0. The predicted molar refractivity (Wildman–Crippen MR) is 167 cm³/mol. The molecule has 0 aliphatic carbocycles. The second-order valence-electron chi connectivity index (χ2n) is 10.8. The average Bonchev–Trinajstić information content (AvgIpc) is 2.98. The van der Waals surface area contributed by atoms with Gasteiger partial charge in [-0.2, -0.15) is 0 Å². The number of hydrogen-bond acceptors (Lipinski definition) is 8. The Balaban J connectivity index is 1.50. The zero-order valence-corrected chi connectivity index (χ0v) is 24.4. The molecular weight excluding hydrogens is 528 g/mol. The summed E-state index contributed by atoms with van der Waals surface area (Å²) in [5.74, 6) is 0.868. The fourth-order valence-electron chi connectivity index (χ4n) is 5.03. The van der Waals surface area contributed by atoms with E-state index in [2.05, 4.69) is 32.5 Å². The predicted octanol–water partition coefficient (Wildman–Crippen LogP) is 4.18. The number of aryl methyl sites for hydroxylation is 3. The van der Waals surface area contributed by atoms with Crippen LogP contribution in [0.3, 0.4) is 0 Å². The second-order valence-corrected chi connectivity index (χ2v) is 10.8. The molecule has 1 saturated heterocycles. The van der Waals surface area contributed by atoms with E-state index >= 15 is 0 Å². The summed E-state index contributed by atoms with van der Waals surface area (Å²) in [6.07, 6.45) is 2.90. The van der Waals surface area contributed by atoms with E-state index in [0.29, 0.717) is 22.6 Å². The standard InChI is InChI=1S/C32H36N8O2/c1-20-5-8-24(9-6-20)37-30-26(17-33)25(31(41)35-19-27-21(2)15-22(3)36-32(27)42)16-28(38-30)23-7-10-29(34-18-23)40-13-11-39(4)12-14-40/h5-10,15-18,33H,11-14,19H2,1-4H3,(H,35,41)(H,36,42)(H,37,38). The molecule has 5 rings (SSSR count). The highest BCUT2D eigenvalue weighted by Crippen LogP contribution is 2.28. The summed E-state index contributed by atoms with van der Waals surface area (Å²) in [6.45, 7) is 9.51. The van der Waals surface area contributed by atoms with Gasteiger partial charge in [0.2, 0.25) is 0 Å². The molecule has 10 heteroatoms. The van der Waals surface area contributed by atoms with Crippen LogP contribution in [-0.2, 0) is 6.54 Å². The number of carbonyl (C=O) groups excluding carboxylic acids is 1. The maximum absolute atomic E-state index is 13.6. The van der Waals surface area contributed by atoms with Crippen LogP contribution in [0.15, 0.2) is 59.5 Å². The molecule has 3 aromatic heterocycles. The largest absolute Gasteiger partial charge is 0.354 e.